The number of hydrogen-bond acceptors (Lipinski definition) is 3. The van der Waals surface area contributed by atoms with E-state index in [1.807, 2.05) is 24.2 Å². The quantitative estimate of drug-likeness (QED) is 0.434. The van der Waals surface area contributed by atoms with Gasteiger partial charge in [-0.3, -0.25) is 0 Å². The largest absolute Gasteiger partial charge is 0.236 e. The van der Waals surface area contributed by atoms with Crippen LogP contribution in [0.1, 0.15) is 51.5 Å². The molecule has 0 radical (unpaired) electrons. The van der Waals surface area contributed by atoms with Crippen LogP contribution in [0.4, 0.5) is 0 Å². The van der Waals surface area contributed by atoms with Gasteiger partial charge >= 0.3 is 0 Å². The fourth-order valence-corrected chi connectivity index (χ4v) is 3.25. The first-order valence-electron chi connectivity index (χ1n) is 8.37. The number of aromatic nitrogens is 2. The predicted octanol–water partition coefficient (Wildman–Crippen LogP) is 5.77. The molecule has 0 N–H and O–H groups in total. The molecule has 0 spiro atoms. The van der Waals surface area contributed by atoms with Gasteiger partial charge in [-0.2, -0.15) is 0 Å². The van der Waals surface area contributed by atoms with Crippen molar-refractivity contribution in [1.29, 1.82) is 0 Å². The molecular weight excluding hydrogens is 288 g/mol. The van der Waals surface area contributed by atoms with E-state index >= 15 is 0 Å². The van der Waals surface area contributed by atoms with Crippen molar-refractivity contribution in [2.45, 2.75) is 57.3 Å². The summed E-state index contributed by atoms with van der Waals surface area (Å²) in [5.41, 5.74) is 2.31. The Morgan fingerprint density at radius 3 is 2.23 bits per heavy atom. The Balaban J connectivity index is 1.88. The lowest BCUT2D eigenvalue weighted by molar-refractivity contribution is 0.706. The van der Waals surface area contributed by atoms with Crippen molar-refractivity contribution in [3.05, 3.63) is 42.2 Å². The van der Waals surface area contributed by atoms with E-state index < -0.39 is 0 Å². The minimum absolute atomic E-state index is 0.819. The summed E-state index contributed by atoms with van der Waals surface area (Å²) in [5.74, 6) is 2.03. The molecule has 0 bridgehead atoms. The summed E-state index contributed by atoms with van der Waals surface area (Å²) in [6.07, 6.45) is 11.4. The van der Waals surface area contributed by atoms with E-state index in [0.717, 1.165) is 24.2 Å². The van der Waals surface area contributed by atoms with Gasteiger partial charge in [0.1, 0.15) is 0 Å². The molecule has 0 saturated heterocycles. The first kappa shape index (κ1) is 17.0. The maximum Gasteiger partial charge on any atom is 0.159 e. The molecule has 0 aliphatic heterocycles. The second-order valence-corrected chi connectivity index (χ2v) is 6.77. The highest BCUT2D eigenvalue weighted by atomic mass is 32.2. The van der Waals surface area contributed by atoms with E-state index in [1.54, 1.807) is 0 Å². The normalized spacial score (nSPS) is 10.8. The fourth-order valence-electron chi connectivity index (χ4n) is 2.34. The van der Waals surface area contributed by atoms with Gasteiger partial charge in [-0.25, -0.2) is 9.97 Å². The third-order valence-corrected chi connectivity index (χ3v) is 4.72. The number of hydrogen-bond donors (Lipinski definition) is 0. The Hall–Kier alpha value is -1.35. The lowest BCUT2D eigenvalue weighted by atomic mass is 10.2. The van der Waals surface area contributed by atoms with Crippen LogP contribution >= 0.6 is 11.8 Å². The van der Waals surface area contributed by atoms with E-state index in [2.05, 4.69) is 48.1 Å². The predicted molar refractivity (Wildman–Crippen MR) is 96.3 cm³/mol. The van der Waals surface area contributed by atoms with Gasteiger partial charge in [0.2, 0.25) is 0 Å². The zero-order chi connectivity index (χ0) is 15.6. The Kier molecular flexibility index (Phi) is 7.44. The molecule has 2 rings (SSSR count). The highest BCUT2D eigenvalue weighted by Crippen LogP contribution is 2.23. The Morgan fingerprint density at radius 1 is 0.864 bits per heavy atom. The van der Waals surface area contributed by atoms with Gasteiger partial charge < -0.3 is 0 Å². The maximum atomic E-state index is 4.48. The molecule has 2 nitrogen and oxygen atoms in total. The van der Waals surface area contributed by atoms with Crippen LogP contribution in [0, 0.1) is 0 Å². The molecule has 0 atom stereocenters. The standard InChI is InChI=1S/C19H26N2S/c1-3-5-6-7-13-22-18-11-9-17(10-12-18)19-20-14-16(8-4-2)15-21-19/h9-12,14-15H,3-8,13H2,1-2H3. The van der Waals surface area contributed by atoms with Gasteiger partial charge in [0.05, 0.1) is 0 Å². The van der Waals surface area contributed by atoms with Gasteiger partial charge in [0, 0.05) is 22.9 Å². The van der Waals surface area contributed by atoms with Gasteiger partial charge in [-0.05, 0) is 36.3 Å². The highest BCUT2D eigenvalue weighted by molar-refractivity contribution is 7.99. The van der Waals surface area contributed by atoms with Gasteiger partial charge in [0.25, 0.3) is 0 Å². The second-order valence-electron chi connectivity index (χ2n) is 5.60. The maximum absolute atomic E-state index is 4.48. The Labute approximate surface area is 138 Å². The molecule has 3 heteroatoms. The first-order valence-corrected chi connectivity index (χ1v) is 9.36. The molecule has 0 unspecified atom stereocenters. The highest BCUT2D eigenvalue weighted by Gasteiger charge is 2.02. The molecule has 0 fully saturated rings. The first-order chi connectivity index (χ1) is 10.8. The number of nitrogens with zero attached hydrogens (tertiary/aromatic N) is 2. The van der Waals surface area contributed by atoms with Crippen LogP contribution in [0.3, 0.4) is 0 Å². The zero-order valence-electron chi connectivity index (χ0n) is 13.7. The molecule has 0 amide bonds. The monoisotopic (exact) mass is 314 g/mol. The average molecular weight is 314 g/mol. The average Bonchev–Trinajstić information content (AvgIpc) is 2.56. The van der Waals surface area contributed by atoms with Gasteiger partial charge in [-0.1, -0.05) is 51.7 Å². The molecule has 0 saturated carbocycles. The van der Waals surface area contributed by atoms with Gasteiger partial charge in [0.15, 0.2) is 5.82 Å². The molecule has 1 aromatic heterocycles. The number of rotatable bonds is 9. The molecule has 118 valence electrons. The van der Waals surface area contributed by atoms with E-state index in [0.29, 0.717) is 0 Å². The fraction of sp³-hybridized carbons (Fsp3) is 0.474. The molecule has 0 aliphatic carbocycles. The number of unbranched alkanes of at least 4 members (excludes halogenated alkanes) is 3. The van der Waals surface area contributed by atoms with Crippen LogP contribution in [0.15, 0.2) is 41.6 Å². The number of aryl methyl sites for hydroxylation is 1. The van der Waals surface area contributed by atoms with Crippen LogP contribution in [0.25, 0.3) is 11.4 Å². The van der Waals surface area contributed by atoms with E-state index in [9.17, 15) is 0 Å². The summed E-state index contributed by atoms with van der Waals surface area (Å²) >= 11 is 1.94. The summed E-state index contributed by atoms with van der Waals surface area (Å²) in [6, 6.07) is 8.62. The smallest absolute Gasteiger partial charge is 0.159 e. The van der Waals surface area contributed by atoms with Crippen LogP contribution in [0.2, 0.25) is 0 Å². The second kappa shape index (κ2) is 9.62. The van der Waals surface area contributed by atoms with Crippen molar-refractivity contribution in [3.8, 4) is 11.4 Å². The molecule has 0 aliphatic rings. The van der Waals surface area contributed by atoms with Crippen LogP contribution < -0.4 is 0 Å². The summed E-state index contributed by atoms with van der Waals surface area (Å²) in [6.45, 7) is 4.43. The lowest BCUT2D eigenvalue weighted by Crippen LogP contribution is -1.92. The molecular formula is C19H26N2S. The molecule has 1 aromatic carbocycles. The van der Waals surface area contributed by atoms with Crippen molar-refractivity contribution in [1.82, 2.24) is 9.97 Å². The van der Waals surface area contributed by atoms with Crippen molar-refractivity contribution >= 4 is 11.8 Å². The van der Waals surface area contributed by atoms with Crippen molar-refractivity contribution in [2.75, 3.05) is 5.75 Å². The summed E-state index contributed by atoms with van der Waals surface area (Å²) in [7, 11) is 0. The molecule has 1 heterocycles. The van der Waals surface area contributed by atoms with Crippen molar-refractivity contribution in [3.63, 3.8) is 0 Å². The number of thioether (sulfide) groups is 1. The Bertz CT molecular complexity index is 534. The number of benzene rings is 1. The van der Waals surface area contributed by atoms with Crippen molar-refractivity contribution in [2.24, 2.45) is 0 Å². The zero-order valence-corrected chi connectivity index (χ0v) is 14.5. The lowest BCUT2D eigenvalue weighted by Gasteiger charge is -2.04. The Morgan fingerprint density at radius 2 is 1.59 bits per heavy atom. The molecule has 2 aromatic rings. The summed E-state index contributed by atoms with van der Waals surface area (Å²) in [5, 5.41) is 0. The summed E-state index contributed by atoms with van der Waals surface area (Å²) < 4.78 is 0. The minimum atomic E-state index is 0.819. The van der Waals surface area contributed by atoms with Crippen LogP contribution in [-0.4, -0.2) is 15.7 Å². The summed E-state index contributed by atoms with van der Waals surface area (Å²) in [4.78, 5) is 10.3. The topological polar surface area (TPSA) is 25.8 Å². The van der Waals surface area contributed by atoms with Crippen LogP contribution in [0.5, 0.6) is 0 Å². The third-order valence-electron chi connectivity index (χ3n) is 3.62. The SMILES string of the molecule is CCCCCCSc1ccc(-c2ncc(CCC)cn2)cc1. The van der Waals surface area contributed by atoms with E-state index in [4.69, 9.17) is 0 Å². The van der Waals surface area contributed by atoms with Crippen molar-refractivity contribution < 1.29 is 0 Å². The van der Waals surface area contributed by atoms with Crippen LogP contribution in [-0.2, 0) is 6.42 Å². The molecule has 22 heavy (non-hydrogen) atoms. The van der Waals surface area contributed by atoms with Gasteiger partial charge in [-0.15, -0.1) is 11.8 Å². The van der Waals surface area contributed by atoms with E-state index in [-0.39, 0.29) is 0 Å². The third kappa shape index (κ3) is 5.45. The minimum Gasteiger partial charge on any atom is -0.236 e. The van der Waals surface area contributed by atoms with E-state index in [1.165, 1.54) is 41.9 Å².